The van der Waals surface area contributed by atoms with E-state index in [1.54, 1.807) is 26.5 Å². The van der Waals surface area contributed by atoms with E-state index in [-0.39, 0.29) is 6.61 Å². The average molecular weight is 530 g/mol. The van der Waals surface area contributed by atoms with Gasteiger partial charge in [0.15, 0.2) is 0 Å². The number of halogens is 1. The summed E-state index contributed by atoms with van der Waals surface area (Å²) >= 11 is 0. The molecule has 202 valence electrons. The summed E-state index contributed by atoms with van der Waals surface area (Å²) in [7, 11) is 3.25. The van der Waals surface area contributed by atoms with Crippen LogP contribution in [0.1, 0.15) is 23.1 Å². The Bertz CT molecular complexity index is 1280. The van der Waals surface area contributed by atoms with Crippen molar-refractivity contribution >= 4 is 5.82 Å². The van der Waals surface area contributed by atoms with Crippen LogP contribution in [0.5, 0.6) is 11.5 Å². The van der Waals surface area contributed by atoms with Gasteiger partial charge in [0.2, 0.25) is 0 Å². The number of rotatable bonds is 10. The summed E-state index contributed by atoms with van der Waals surface area (Å²) in [6, 6.07) is 26.4. The predicted octanol–water partition coefficient (Wildman–Crippen LogP) is 5.00. The lowest BCUT2D eigenvalue weighted by Crippen LogP contribution is -2.36. The standard InChI is InChI=1S/C31H32FN3O4/c1-37-25-12-8-23(9-13-25)31(22-6-4-3-5-7-22,24-10-14-26(38-2)15-11-24)39-19-21-18-27(29(32)30(21)36)35-28-16-17-33-20-34-28/h3-17,20-21,27,29-30,36H,18-19H2,1-2H3,(H,33,34,35)/t21-,27-,29-,30-/m1/s1. The number of alkyl halides is 1. The molecule has 0 aliphatic heterocycles. The Morgan fingerprint density at radius 2 is 1.46 bits per heavy atom. The van der Waals surface area contributed by atoms with Crippen LogP contribution in [0.15, 0.2) is 97.5 Å². The molecule has 0 radical (unpaired) electrons. The SMILES string of the molecule is COc1ccc(C(OC[C@H]2C[C@@H](Nc3ccncn3)[C@@H](F)[C@@H]2O)(c2ccccc2)c2ccc(OC)cc2)cc1. The van der Waals surface area contributed by atoms with Gasteiger partial charge in [-0.15, -0.1) is 0 Å². The summed E-state index contributed by atoms with van der Waals surface area (Å²) in [6.45, 7) is 0.122. The molecular weight excluding hydrogens is 497 g/mol. The first-order chi connectivity index (χ1) is 19.0. The third-order valence-electron chi connectivity index (χ3n) is 7.35. The number of hydrogen-bond donors (Lipinski definition) is 2. The molecule has 0 saturated heterocycles. The van der Waals surface area contributed by atoms with Gasteiger partial charge in [0, 0.05) is 12.1 Å². The van der Waals surface area contributed by atoms with E-state index in [1.165, 1.54) is 6.33 Å². The van der Waals surface area contributed by atoms with E-state index < -0.39 is 29.8 Å². The van der Waals surface area contributed by atoms with Crippen LogP contribution in [0.25, 0.3) is 0 Å². The van der Waals surface area contributed by atoms with E-state index in [2.05, 4.69) is 15.3 Å². The molecular formula is C31H32FN3O4. The van der Waals surface area contributed by atoms with Gasteiger partial charge in [0.05, 0.1) is 33.0 Å². The minimum Gasteiger partial charge on any atom is -0.497 e. The molecule has 0 spiro atoms. The third-order valence-corrected chi connectivity index (χ3v) is 7.35. The van der Waals surface area contributed by atoms with Gasteiger partial charge in [-0.25, -0.2) is 14.4 Å². The molecule has 4 aromatic rings. The number of anilines is 1. The second-order valence-corrected chi connectivity index (χ2v) is 9.59. The molecule has 1 aliphatic rings. The highest BCUT2D eigenvalue weighted by molar-refractivity contribution is 5.49. The number of benzene rings is 3. The maximum atomic E-state index is 15.2. The van der Waals surface area contributed by atoms with E-state index in [1.807, 2.05) is 78.9 Å². The lowest BCUT2D eigenvalue weighted by molar-refractivity contribution is -0.0381. The van der Waals surface area contributed by atoms with Crippen molar-refractivity contribution in [2.24, 2.45) is 5.92 Å². The fraction of sp³-hybridized carbons (Fsp3) is 0.290. The topological polar surface area (TPSA) is 85.7 Å². The van der Waals surface area contributed by atoms with Crippen LogP contribution in [0.3, 0.4) is 0 Å². The molecule has 8 heteroatoms. The highest BCUT2D eigenvalue weighted by Crippen LogP contribution is 2.43. The van der Waals surface area contributed by atoms with Gasteiger partial charge >= 0.3 is 0 Å². The highest BCUT2D eigenvalue weighted by Gasteiger charge is 2.45. The van der Waals surface area contributed by atoms with E-state index >= 15 is 4.39 Å². The van der Waals surface area contributed by atoms with Crippen LogP contribution in [-0.4, -0.2) is 54.2 Å². The molecule has 39 heavy (non-hydrogen) atoms. The summed E-state index contributed by atoms with van der Waals surface area (Å²) in [6.07, 6.45) is 0.708. The van der Waals surface area contributed by atoms with Gasteiger partial charge < -0.3 is 24.6 Å². The average Bonchev–Trinajstić information content (AvgIpc) is 3.27. The maximum absolute atomic E-state index is 15.2. The van der Waals surface area contributed by atoms with Crippen LogP contribution in [-0.2, 0) is 10.3 Å². The van der Waals surface area contributed by atoms with Crippen LogP contribution >= 0.6 is 0 Å². The molecule has 2 N–H and O–H groups in total. The fourth-order valence-corrected chi connectivity index (χ4v) is 5.27. The van der Waals surface area contributed by atoms with Crippen LogP contribution < -0.4 is 14.8 Å². The number of ether oxygens (including phenoxy) is 3. The van der Waals surface area contributed by atoms with Crippen molar-refractivity contribution in [3.05, 3.63) is 114 Å². The molecule has 1 saturated carbocycles. The number of aromatic nitrogens is 2. The predicted molar refractivity (Wildman–Crippen MR) is 147 cm³/mol. The summed E-state index contributed by atoms with van der Waals surface area (Å²) in [5.41, 5.74) is 1.61. The van der Waals surface area contributed by atoms with Crippen molar-refractivity contribution in [3.63, 3.8) is 0 Å². The van der Waals surface area contributed by atoms with Crippen molar-refractivity contribution in [1.29, 1.82) is 0 Å². The Morgan fingerprint density at radius 1 is 0.872 bits per heavy atom. The Balaban J connectivity index is 1.51. The number of nitrogens with one attached hydrogen (secondary N) is 1. The van der Waals surface area contributed by atoms with E-state index in [0.29, 0.717) is 12.2 Å². The van der Waals surface area contributed by atoms with Crippen molar-refractivity contribution < 1.29 is 23.7 Å². The summed E-state index contributed by atoms with van der Waals surface area (Å²) in [5.74, 6) is 1.52. The lowest BCUT2D eigenvalue weighted by atomic mass is 9.79. The van der Waals surface area contributed by atoms with Gasteiger partial charge in [-0.3, -0.25) is 0 Å². The van der Waals surface area contributed by atoms with Crippen molar-refractivity contribution in [2.45, 2.75) is 30.3 Å². The fourth-order valence-electron chi connectivity index (χ4n) is 5.27. The Labute approximate surface area is 227 Å². The van der Waals surface area contributed by atoms with Gasteiger partial charge in [0.1, 0.15) is 35.4 Å². The van der Waals surface area contributed by atoms with Crippen molar-refractivity contribution in [2.75, 3.05) is 26.1 Å². The Morgan fingerprint density at radius 3 is 2.00 bits per heavy atom. The van der Waals surface area contributed by atoms with Crippen LogP contribution in [0.2, 0.25) is 0 Å². The quantitative estimate of drug-likeness (QED) is 0.280. The molecule has 1 heterocycles. The van der Waals surface area contributed by atoms with Crippen LogP contribution in [0.4, 0.5) is 10.2 Å². The molecule has 0 bridgehead atoms. The first kappa shape index (κ1) is 26.6. The maximum Gasteiger partial charge on any atom is 0.146 e. The number of aliphatic hydroxyl groups excluding tert-OH is 1. The van der Waals surface area contributed by atoms with E-state index in [4.69, 9.17) is 14.2 Å². The zero-order chi connectivity index (χ0) is 27.2. The van der Waals surface area contributed by atoms with Gasteiger partial charge in [-0.1, -0.05) is 54.6 Å². The summed E-state index contributed by atoms with van der Waals surface area (Å²) < 4.78 is 32.9. The molecule has 1 aromatic heterocycles. The number of nitrogens with zero attached hydrogens (tertiary/aromatic N) is 2. The zero-order valence-corrected chi connectivity index (χ0v) is 21.9. The molecule has 4 atom stereocenters. The van der Waals surface area contributed by atoms with Gasteiger partial charge in [0.25, 0.3) is 0 Å². The molecule has 0 unspecified atom stereocenters. The first-order valence-corrected chi connectivity index (χ1v) is 12.9. The number of methoxy groups -OCH3 is 2. The molecule has 5 rings (SSSR count). The third kappa shape index (κ3) is 5.44. The summed E-state index contributed by atoms with van der Waals surface area (Å²) in [4.78, 5) is 8.04. The van der Waals surface area contributed by atoms with Gasteiger partial charge in [-0.05, 0) is 53.4 Å². The molecule has 0 amide bonds. The van der Waals surface area contributed by atoms with Gasteiger partial charge in [-0.2, -0.15) is 0 Å². The second-order valence-electron chi connectivity index (χ2n) is 9.59. The Kier molecular flexibility index (Phi) is 8.05. The number of aliphatic hydroxyl groups is 1. The largest absolute Gasteiger partial charge is 0.497 e. The summed E-state index contributed by atoms with van der Waals surface area (Å²) in [5, 5.41) is 14.0. The lowest BCUT2D eigenvalue weighted by Gasteiger charge is -2.37. The molecule has 7 nitrogen and oxygen atoms in total. The van der Waals surface area contributed by atoms with Crippen molar-refractivity contribution in [3.8, 4) is 11.5 Å². The smallest absolute Gasteiger partial charge is 0.146 e. The van der Waals surface area contributed by atoms with E-state index in [0.717, 1.165) is 28.2 Å². The normalized spacial score (nSPS) is 20.9. The highest BCUT2D eigenvalue weighted by atomic mass is 19.1. The minimum atomic E-state index is -1.47. The monoisotopic (exact) mass is 529 g/mol. The number of hydrogen-bond acceptors (Lipinski definition) is 7. The molecule has 1 fully saturated rings. The second kappa shape index (κ2) is 11.8. The Hall–Kier alpha value is -4.01. The van der Waals surface area contributed by atoms with E-state index in [9.17, 15) is 5.11 Å². The minimum absolute atomic E-state index is 0.122. The first-order valence-electron chi connectivity index (χ1n) is 12.9. The van der Waals surface area contributed by atoms with Crippen molar-refractivity contribution in [1.82, 2.24) is 9.97 Å². The van der Waals surface area contributed by atoms with Crippen LogP contribution in [0, 0.1) is 5.92 Å². The molecule has 1 aliphatic carbocycles. The molecule has 3 aromatic carbocycles. The zero-order valence-electron chi connectivity index (χ0n) is 21.9.